The van der Waals surface area contributed by atoms with Gasteiger partial charge >= 0.3 is 0 Å². The maximum atomic E-state index is 5.47. The van der Waals surface area contributed by atoms with Crippen LogP contribution in [-0.4, -0.2) is 11.5 Å². The molecule has 1 aromatic heterocycles. The highest BCUT2D eigenvalue weighted by atomic mass is 32.1. The summed E-state index contributed by atoms with van der Waals surface area (Å²) in [5.41, 5.74) is 7.91. The molecule has 2 nitrogen and oxygen atoms in total. The maximum absolute atomic E-state index is 5.47. The number of unbranched alkanes of at least 4 members (excludes halogenated alkanes) is 1. The van der Waals surface area contributed by atoms with Gasteiger partial charge in [-0.15, -0.1) is 11.3 Å². The summed E-state index contributed by atoms with van der Waals surface area (Å²) in [6.45, 7) is 2.90. The maximum Gasteiger partial charge on any atom is 0.0938 e. The Labute approximate surface area is 94.1 Å². The monoisotopic (exact) mass is 220 g/mol. The summed E-state index contributed by atoms with van der Waals surface area (Å²) in [7, 11) is 0. The Morgan fingerprint density at radius 1 is 1.33 bits per heavy atom. The zero-order valence-corrected chi connectivity index (χ0v) is 9.81. The minimum atomic E-state index is 0.782. The molecule has 0 saturated carbocycles. The quantitative estimate of drug-likeness (QED) is 0.805. The van der Waals surface area contributed by atoms with Crippen LogP contribution in [0.25, 0.3) is 10.2 Å². The minimum absolute atomic E-state index is 0.782. The van der Waals surface area contributed by atoms with Gasteiger partial charge in [-0.2, -0.15) is 0 Å². The molecule has 0 bridgehead atoms. The minimum Gasteiger partial charge on any atom is -0.330 e. The normalized spacial score (nSPS) is 11.1. The summed E-state index contributed by atoms with van der Waals surface area (Å²) in [5.74, 6) is 0. The topological polar surface area (TPSA) is 38.9 Å². The SMILES string of the molecule is Cc1ccc2nc(CCCCN)sc2c1. The molecule has 0 spiro atoms. The zero-order chi connectivity index (χ0) is 10.7. The molecular formula is C12H16N2S. The largest absolute Gasteiger partial charge is 0.330 e. The molecule has 3 heteroatoms. The number of nitrogens with two attached hydrogens (primary N) is 1. The van der Waals surface area contributed by atoms with Gasteiger partial charge < -0.3 is 5.73 Å². The summed E-state index contributed by atoms with van der Waals surface area (Å²) in [6, 6.07) is 6.43. The van der Waals surface area contributed by atoms with Gasteiger partial charge in [0.1, 0.15) is 0 Å². The van der Waals surface area contributed by atoms with Crippen LogP contribution in [0.3, 0.4) is 0 Å². The molecule has 80 valence electrons. The second-order valence-electron chi connectivity index (χ2n) is 3.82. The number of fused-ring (bicyclic) bond motifs is 1. The van der Waals surface area contributed by atoms with Crippen LogP contribution in [0, 0.1) is 6.92 Å². The van der Waals surface area contributed by atoms with Crippen molar-refractivity contribution in [3.63, 3.8) is 0 Å². The van der Waals surface area contributed by atoms with Crippen LogP contribution in [-0.2, 0) is 6.42 Å². The van der Waals surface area contributed by atoms with Crippen LogP contribution in [0.1, 0.15) is 23.4 Å². The summed E-state index contributed by atoms with van der Waals surface area (Å²) in [6.07, 6.45) is 3.31. The molecule has 1 heterocycles. The van der Waals surface area contributed by atoms with Crippen LogP contribution in [0.2, 0.25) is 0 Å². The highest BCUT2D eigenvalue weighted by Crippen LogP contribution is 2.24. The first-order valence-electron chi connectivity index (χ1n) is 5.36. The van der Waals surface area contributed by atoms with E-state index in [1.54, 1.807) is 0 Å². The van der Waals surface area contributed by atoms with E-state index in [9.17, 15) is 0 Å². The molecule has 1 aromatic carbocycles. The molecule has 15 heavy (non-hydrogen) atoms. The highest BCUT2D eigenvalue weighted by molar-refractivity contribution is 7.18. The lowest BCUT2D eigenvalue weighted by Crippen LogP contribution is -1.98. The van der Waals surface area contributed by atoms with E-state index in [1.807, 2.05) is 11.3 Å². The molecule has 2 N–H and O–H groups in total. The van der Waals surface area contributed by atoms with Crippen molar-refractivity contribution < 1.29 is 0 Å². The molecular weight excluding hydrogens is 204 g/mol. The van der Waals surface area contributed by atoms with Crippen molar-refractivity contribution in [3.8, 4) is 0 Å². The van der Waals surface area contributed by atoms with E-state index in [-0.39, 0.29) is 0 Å². The number of nitrogens with zero attached hydrogens (tertiary/aromatic N) is 1. The standard InChI is InChI=1S/C12H16N2S/c1-9-5-6-10-11(8-9)15-12(14-10)4-2-3-7-13/h5-6,8H,2-4,7,13H2,1H3. The zero-order valence-electron chi connectivity index (χ0n) is 8.99. The molecule has 0 saturated heterocycles. The Kier molecular flexibility index (Phi) is 3.34. The fraction of sp³-hybridized carbons (Fsp3) is 0.417. The lowest BCUT2D eigenvalue weighted by Gasteiger charge is -1.92. The van der Waals surface area contributed by atoms with Gasteiger partial charge in [-0.3, -0.25) is 0 Å². The molecule has 2 aromatic rings. The number of hydrogen-bond acceptors (Lipinski definition) is 3. The van der Waals surface area contributed by atoms with E-state index in [0.717, 1.165) is 31.3 Å². The summed E-state index contributed by atoms with van der Waals surface area (Å²) >= 11 is 1.81. The van der Waals surface area contributed by atoms with Gasteiger partial charge in [0, 0.05) is 0 Å². The van der Waals surface area contributed by atoms with Gasteiger partial charge in [-0.05, 0) is 50.4 Å². The predicted octanol–water partition coefficient (Wildman–Crippen LogP) is 2.89. The first-order valence-corrected chi connectivity index (χ1v) is 6.17. The molecule has 0 aliphatic rings. The Morgan fingerprint density at radius 2 is 2.20 bits per heavy atom. The summed E-state index contributed by atoms with van der Waals surface area (Å²) in [4.78, 5) is 4.60. The van der Waals surface area contributed by atoms with Crippen molar-refractivity contribution in [3.05, 3.63) is 28.8 Å². The van der Waals surface area contributed by atoms with Crippen LogP contribution in [0.4, 0.5) is 0 Å². The molecule has 0 amide bonds. The predicted molar refractivity (Wildman–Crippen MR) is 66.3 cm³/mol. The van der Waals surface area contributed by atoms with Gasteiger partial charge in [0.05, 0.1) is 15.2 Å². The number of rotatable bonds is 4. The van der Waals surface area contributed by atoms with Crippen LogP contribution in [0.15, 0.2) is 18.2 Å². The van der Waals surface area contributed by atoms with Crippen LogP contribution in [0.5, 0.6) is 0 Å². The van der Waals surface area contributed by atoms with Crippen molar-refractivity contribution in [2.75, 3.05) is 6.54 Å². The second-order valence-corrected chi connectivity index (χ2v) is 4.94. The third-order valence-electron chi connectivity index (χ3n) is 2.43. The van der Waals surface area contributed by atoms with Gasteiger partial charge in [0.2, 0.25) is 0 Å². The third kappa shape index (κ3) is 2.55. The van der Waals surface area contributed by atoms with Crippen molar-refractivity contribution >= 4 is 21.6 Å². The van der Waals surface area contributed by atoms with E-state index in [1.165, 1.54) is 15.3 Å². The highest BCUT2D eigenvalue weighted by Gasteiger charge is 2.03. The van der Waals surface area contributed by atoms with Crippen molar-refractivity contribution in [1.82, 2.24) is 4.98 Å². The van der Waals surface area contributed by atoms with Gasteiger partial charge in [0.25, 0.3) is 0 Å². The van der Waals surface area contributed by atoms with Crippen molar-refractivity contribution in [2.45, 2.75) is 26.2 Å². The van der Waals surface area contributed by atoms with Crippen molar-refractivity contribution in [2.24, 2.45) is 5.73 Å². The first kappa shape index (κ1) is 10.6. The average Bonchev–Trinajstić information content (AvgIpc) is 2.60. The molecule has 0 unspecified atom stereocenters. The van der Waals surface area contributed by atoms with E-state index >= 15 is 0 Å². The second kappa shape index (κ2) is 4.73. The van der Waals surface area contributed by atoms with Crippen LogP contribution < -0.4 is 5.73 Å². The number of thiazole rings is 1. The summed E-state index contributed by atoms with van der Waals surface area (Å²) in [5, 5.41) is 1.24. The fourth-order valence-corrected chi connectivity index (χ4v) is 2.71. The number of aryl methyl sites for hydroxylation is 2. The van der Waals surface area contributed by atoms with E-state index in [2.05, 4.69) is 30.1 Å². The fourth-order valence-electron chi connectivity index (χ4n) is 1.61. The van der Waals surface area contributed by atoms with Crippen molar-refractivity contribution in [1.29, 1.82) is 0 Å². The lowest BCUT2D eigenvalue weighted by molar-refractivity contribution is 0.742. The molecule has 0 aliphatic heterocycles. The number of benzene rings is 1. The van der Waals surface area contributed by atoms with Gasteiger partial charge in [-0.25, -0.2) is 4.98 Å². The number of hydrogen-bond donors (Lipinski definition) is 1. The smallest absolute Gasteiger partial charge is 0.0938 e. The third-order valence-corrected chi connectivity index (χ3v) is 3.51. The molecule has 0 fully saturated rings. The molecule has 2 rings (SSSR count). The summed E-state index contributed by atoms with van der Waals surface area (Å²) < 4.78 is 1.30. The van der Waals surface area contributed by atoms with E-state index in [4.69, 9.17) is 5.73 Å². The van der Waals surface area contributed by atoms with E-state index in [0.29, 0.717) is 0 Å². The Morgan fingerprint density at radius 3 is 3.00 bits per heavy atom. The average molecular weight is 220 g/mol. The van der Waals surface area contributed by atoms with E-state index < -0.39 is 0 Å². The molecule has 0 atom stereocenters. The van der Waals surface area contributed by atoms with Gasteiger partial charge in [-0.1, -0.05) is 6.07 Å². The van der Waals surface area contributed by atoms with Crippen LogP contribution >= 0.6 is 11.3 Å². The Balaban J connectivity index is 2.16. The Hall–Kier alpha value is -0.930. The molecule has 0 radical (unpaired) electrons. The molecule has 0 aliphatic carbocycles. The van der Waals surface area contributed by atoms with Gasteiger partial charge in [0.15, 0.2) is 0 Å². The first-order chi connectivity index (χ1) is 7.29. The lowest BCUT2D eigenvalue weighted by atomic mass is 10.2. The Bertz CT molecular complexity index is 448. The number of aromatic nitrogens is 1.